The molecule has 22 heavy (non-hydrogen) atoms. The van der Waals surface area contributed by atoms with Crippen molar-refractivity contribution in [2.45, 2.75) is 5.92 Å². The molecule has 0 heterocycles. The van der Waals surface area contributed by atoms with E-state index in [1.54, 1.807) is 32.4 Å². The highest BCUT2D eigenvalue weighted by Crippen LogP contribution is 2.42. The van der Waals surface area contributed by atoms with Crippen LogP contribution in [0.4, 0.5) is 0 Å². The van der Waals surface area contributed by atoms with Crippen LogP contribution in [0, 0.1) is 0 Å². The van der Waals surface area contributed by atoms with E-state index in [9.17, 15) is 5.11 Å². The van der Waals surface area contributed by atoms with E-state index in [0.29, 0.717) is 11.5 Å². The lowest BCUT2D eigenvalue weighted by atomic mass is 9.89. The fraction of sp³-hybridized carbons (Fsp3) is 0.222. The number of phenolic OH excluding ortho intramolecular Hbond substituents is 1. The van der Waals surface area contributed by atoms with Crippen LogP contribution in [-0.2, 0) is 0 Å². The van der Waals surface area contributed by atoms with Crippen LogP contribution in [0.25, 0.3) is 0 Å². The van der Waals surface area contributed by atoms with E-state index < -0.39 is 0 Å². The highest BCUT2D eigenvalue weighted by molar-refractivity contribution is 5.56. The van der Waals surface area contributed by atoms with Gasteiger partial charge in [0.2, 0.25) is 0 Å². The van der Waals surface area contributed by atoms with Crippen molar-refractivity contribution in [2.24, 2.45) is 0 Å². The molecule has 2 rings (SSSR count). The first-order valence-electron chi connectivity index (χ1n) is 6.86. The number of benzene rings is 2. The minimum Gasteiger partial charge on any atom is -0.504 e. The van der Waals surface area contributed by atoms with E-state index in [2.05, 4.69) is 6.58 Å². The molecule has 0 aliphatic heterocycles. The van der Waals surface area contributed by atoms with Crippen LogP contribution in [0.1, 0.15) is 17.0 Å². The number of aromatic hydroxyl groups is 1. The van der Waals surface area contributed by atoms with Gasteiger partial charge < -0.3 is 19.3 Å². The van der Waals surface area contributed by atoms with Gasteiger partial charge in [0, 0.05) is 23.1 Å². The molecule has 4 nitrogen and oxygen atoms in total. The summed E-state index contributed by atoms with van der Waals surface area (Å²) in [4.78, 5) is 0. The van der Waals surface area contributed by atoms with Crippen LogP contribution in [0.3, 0.4) is 0 Å². The van der Waals surface area contributed by atoms with Gasteiger partial charge in [-0.25, -0.2) is 0 Å². The zero-order valence-electron chi connectivity index (χ0n) is 13.0. The molecule has 0 radical (unpaired) electrons. The van der Waals surface area contributed by atoms with Gasteiger partial charge in [-0.2, -0.15) is 0 Å². The quantitative estimate of drug-likeness (QED) is 0.826. The molecule has 2 aromatic rings. The van der Waals surface area contributed by atoms with Gasteiger partial charge >= 0.3 is 0 Å². The molecule has 116 valence electrons. The largest absolute Gasteiger partial charge is 0.504 e. The number of ether oxygens (including phenoxy) is 3. The normalized spacial score (nSPS) is 11.6. The van der Waals surface area contributed by atoms with Gasteiger partial charge in [-0.3, -0.25) is 0 Å². The van der Waals surface area contributed by atoms with Crippen LogP contribution >= 0.6 is 0 Å². The minimum atomic E-state index is -0.178. The Morgan fingerprint density at radius 3 is 2.14 bits per heavy atom. The summed E-state index contributed by atoms with van der Waals surface area (Å²) in [6, 6.07) is 11.0. The van der Waals surface area contributed by atoms with Gasteiger partial charge in [0.25, 0.3) is 0 Å². The predicted octanol–water partition coefficient (Wildman–Crippen LogP) is 3.74. The summed E-state index contributed by atoms with van der Waals surface area (Å²) < 4.78 is 16.0. The van der Waals surface area contributed by atoms with Gasteiger partial charge in [-0.05, 0) is 12.1 Å². The zero-order valence-corrected chi connectivity index (χ0v) is 13.0. The predicted molar refractivity (Wildman–Crippen MR) is 86.2 cm³/mol. The summed E-state index contributed by atoms with van der Waals surface area (Å²) in [6.07, 6.45) is 1.79. The molecule has 0 fully saturated rings. The lowest BCUT2D eigenvalue weighted by molar-refractivity contribution is 0.362. The topological polar surface area (TPSA) is 47.9 Å². The monoisotopic (exact) mass is 300 g/mol. The summed E-state index contributed by atoms with van der Waals surface area (Å²) in [5.74, 6) is 1.61. The summed E-state index contributed by atoms with van der Waals surface area (Å²) in [6.45, 7) is 3.91. The van der Waals surface area contributed by atoms with E-state index >= 15 is 0 Å². The van der Waals surface area contributed by atoms with Crippen LogP contribution < -0.4 is 14.2 Å². The fourth-order valence-corrected chi connectivity index (χ4v) is 2.49. The van der Waals surface area contributed by atoms with E-state index in [1.807, 2.05) is 24.3 Å². The first kappa shape index (κ1) is 15.8. The molecule has 0 aliphatic rings. The lowest BCUT2D eigenvalue weighted by Gasteiger charge is -2.20. The Bertz CT molecular complexity index is 664. The Kier molecular flexibility index (Phi) is 4.94. The molecule has 0 aliphatic carbocycles. The molecule has 0 aromatic heterocycles. The van der Waals surface area contributed by atoms with Crippen molar-refractivity contribution < 1.29 is 19.3 Å². The molecule has 4 heteroatoms. The Morgan fingerprint density at radius 1 is 0.909 bits per heavy atom. The van der Waals surface area contributed by atoms with E-state index in [-0.39, 0.29) is 11.7 Å². The van der Waals surface area contributed by atoms with Crippen molar-refractivity contribution in [3.05, 3.63) is 60.2 Å². The van der Waals surface area contributed by atoms with Gasteiger partial charge in [-0.15, -0.1) is 6.58 Å². The van der Waals surface area contributed by atoms with E-state index in [1.165, 1.54) is 7.11 Å². The van der Waals surface area contributed by atoms with Crippen molar-refractivity contribution in [1.29, 1.82) is 0 Å². The first-order chi connectivity index (χ1) is 10.7. The van der Waals surface area contributed by atoms with Crippen LogP contribution in [-0.4, -0.2) is 26.4 Å². The SMILES string of the molecule is C=C[C@H](c1ccccc1OC)c1cc(O)c(OC)cc1OC. The molecule has 0 spiro atoms. The van der Waals surface area contributed by atoms with Crippen molar-refractivity contribution in [1.82, 2.24) is 0 Å². The third-order valence-electron chi connectivity index (χ3n) is 3.58. The molecule has 2 aromatic carbocycles. The number of hydrogen-bond acceptors (Lipinski definition) is 4. The number of rotatable bonds is 6. The average Bonchev–Trinajstić information content (AvgIpc) is 2.56. The molecular formula is C18H20O4. The molecule has 1 atom stereocenters. The number of methoxy groups -OCH3 is 3. The van der Waals surface area contributed by atoms with E-state index in [4.69, 9.17) is 14.2 Å². The van der Waals surface area contributed by atoms with Crippen molar-refractivity contribution in [3.63, 3.8) is 0 Å². The lowest BCUT2D eigenvalue weighted by Crippen LogP contribution is -2.03. The van der Waals surface area contributed by atoms with E-state index in [0.717, 1.165) is 16.9 Å². The van der Waals surface area contributed by atoms with Crippen LogP contribution in [0.15, 0.2) is 49.1 Å². The number of phenols is 1. The van der Waals surface area contributed by atoms with Gasteiger partial charge in [0.15, 0.2) is 11.5 Å². The average molecular weight is 300 g/mol. The van der Waals surface area contributed by atoms with Gasteiger partial charge in [-0.1, -0.05) is 24.3 Å². The second kappa shape index (κ2) is 6.89. The minimum absolute atomic E-state index is 0.0556. The summed E-state index contributed by atoms with van der Waals surface area (Å²) >= 11 is 0. The molecule has 0 amide bonds. The maximum Gasteiger partial charge on any atom is 0.164 e. The second-order valence-corrected chi connectivity index (χ2v) is 4.72. The van der Waals surface area contributed by atoms with Gasteiger partial charge in [0.1, 0.15) is 11.5 Å². The second-order valence-electron chi connectivity index (χ2n) is 4.72. The molecule has 0 bridgehead atoms. The summed E-state index contributed by atoms with van der Waals surface area (Å²) in [5, 5.41) is 10.1. The van der Waals surface area contributed by atoms with Crippen molar-refractivity contribution in [3.8, 4) is 23.0 Å². The Hall–Kier alpha value is -2.62. The standard InChI is InChI=1S/C18H20O4/c1-5-12(13-8-6-7-9-16(13)20-2)14-10-15(19)18(22-4)11-17(14)21-3/h5-12,19H,1H2,2-4H3/t12-/m1/s1. The zero-order chi connectivity index (χ0) is 16.1. The Morgan fingerprint density at radius 2 is 1.55 bits per heavy atom. The van der Waals surface area contributed by atoms with Crippen molar-refractivity contribution in [2.75, 3.05) is 21.3 Å². The summed E-state index contributed by atoms with van der Waals surface area (Å²) in [5.41, 5.74) is 1.74. The summed E-state index contributed by atoms with van der Waals surface area (Å²) in [7, 11) is 4.71. The maximum absolute atomic E-state index is 10.1. The molecule has 1 N–H and O–H groups in total. The number of hydrogen-bond donors (Lipinski definition) is 1. The third kappa shape index (κ3) is 2.86. The molecule has 0 unspecified atom stereocenters. The van der Waals surface area contributed by atoms with Crippen LogP contribution in [0.2, 0.25) is 0 Å². The fourth-order valence-electron chi connectivity index (χ4n) is 2.49. The number of para-hydroxylation sites is 1. The van der Waals surface area contributed by atoms with Gasteiger partial charge in [0.05, 0.1) is 21.3 Å². The number of allylic oxidation sites excluding steroid dienone is 1. The highest BCUT2D eigenvalue weighted by atomic mass is 16.5. The molecule has 0 saturated heterocycles. The van der Waals surface area contributed by atoms with Crippen molar-refractivity contribution >= 4 is 0 Å². The Balaban J connectivity index is 2.61. The van der Waals surface area contributed by atoms with Crippen LogP contribution in [0.5, 0.6) is 23.0 Å². The highest BCUT2D eigenvalue weighted by Gasteiger charge is 2.21. The maximum atomic E-state index is 10.1. The first-order valence-corrected chi connectivity index (χ1v) is 6.86. The Labute approximate surface area is 130 Å². The molecule has 0 saturated carbocycles. The smallest absolute Gasteiger partial charge is 0.164 e. The third-order valence-corrected chi connectivity index (χ3v) is 3.58. The molecular weight excluding hydrogens is 280 g/mol.